The molecule has 0 saturated heterocycles. The van der Waals surface area contributed by atoms with Crippen molar-refractivity contribution in [2.45, 2.75) is 76.9 Å². The minimum absolute atomic E-state index is 0.331. The second-order valence-corrected chi connectivity index (χ2v) is 4.59. The fourth-order valence-corrected chi connectivity index (χ4v) is 1.88. The Bertz CT molecular complexity index is 247. The summed E-state index contributed by atoms with van der Waals surface area (Å²) in [5, 5.41) is 3.22. The van der Waals surface area contributed by atoms with Gasteiger partial charge in [0.25, 0.3) is 0 Å². The molecule has 0 aromatic carbocycles. The lowest BCUT2D eigenvalue weighted by Gasteiger charge is -2.13. The molecule has 1 unspecified atom stereocenters. The Morgan fingerprint density at radius 3 is 2.11 bits per heavy atom. The van der Waals surface area contributed by atoms with Crippen molar-refractivity contribution in [1.82, 2.24) is 0 Å². The van der Waals surface area contributed by atoms with Crippen molar-refractivity contribution in [3.05, 3.63) is 10.4 Å². The third-order valence-electron chi connectivity index (χ3n) is 2.82. The van der Waals surface area contributed by atoms with Crippen molar-refractivity contribution in [3.8, 4) is 0 Å². The Labute approximate surface area is 106 Å². The summed E-state index contributed by atoms with van der Waals surface area (Å²) < 4.78 is 36.5. The highest BCUT2D eigenvalue weighted by Crippen LogP contribution is 2.25. The van der Waals surface area contributed by atoms with Gasteiger partial charge in [-0.2, -0.15) is 13.2 Å². The molecule has 0 spiro atoms. The van der Waals surface area contributed by atoms with Gasteiger partial charge in [-0.3, -0.25) is 0 Å². The summed E-state index contributed by atoms with van der Waals surface area (Å²) in [7, 11) is 0. The zero-order valence-electron chi connectivity index (χ0n) is 10.9. The van der Waals surface area contributed by atoms with Crippen LogP contribution in [0.1, 0.15) is 64.7 Å². The maximum Gasteiger partial charge on any atom is 0.389 e. The first-order chi connectivity index (χ1) is 8.49. The van der Waals surface area contributed by atoms with Gasteiger partial charge in [0.15, 0.2) is 0 Å². The van der Waals surface area contributed by atoms with Crippen LogP contribution in [-0.2, 0) is 0 Å². The fourth-order valence-electron chi connectivity index (χ4n) is 1.88. The van der Waals surface area contributed by atoms with E-state index in [1.54, 1.807) is 0 Å². The molecule has 0 fully saturated rings. The van der Waals surface area contributed by atoms with Gasteiger partial charge in [-0.25, -0.2) is 0 Å². The Morgan fingerprint density at radius 1 is 1.06 bits per heavy atom. The van der Waals surface area contributed by atoms with Crippen LogP contribution in [0, 0.1) is 0 Å². The SMILES string of the molecule is CCCCCCCCCC(CC(F)(F)F)N=[N+]=[N-]. The van der Waals surface area contributed by atoms with E-state index in [1.165, 1.54) is 19.3 Å². The average Bonchev–Trinajstić information content (AvgIpc) is 2.26. The summed E-state index contributed by atoms with van der Waals surface area (Å²) >= 11 is 0. The predicted octanol–water partition coefficient (Wildman–Crippen LogP) is 5.76. The number of rotatable bonds is 10. The molecule has 0 aliphatic heterocycles. The zero-order chi connectivity index (χ0) is 13.9. The number of unbranched alkanes of at least 4 members (excludes halogenated alkanes) is 6. The maximum atomic E-state index is 12.2. The molecule has 0 rings (SSSR count). The lowest BCUT2D eigenvalue weighted by molar-refractivity contribution is -0.138. The molecule has 0 N–H and O–H groups in total. The van der Waals surface area contributed by atoms with Gasteiger partial charge in [0, 0.05) is 11.0 Å². The number of alkyl halides is 3. The standard InChI is InChI=1S/C12H22F3N3/c1-2-3-4-5-6-7-8-9-11(17-18-16)10-12(13,14)15/h11H,2-10H2,1H3. The summed E-state index contributed by atoms with van der Waals surface area (Å²) in [6, 6.07) is -0.939. The van der Waals surface area contributed by atoms with Gasteiger partial charge in [0.2, 0.25) is 0 Å². The summed E-state index contributed by atoms with van der Waals surface area (Å²) in [4.78, 5) is 2.48. The first kappa shape index (κ1) is 17.1. The van der Waals surface area contributed by atoms with Gasteiger partial charge in [-0.15, -0.1) is 0 Å². The van der Waals surface area contributed by atoms with Crippen LogP contribution in [0.4, 0.5) is 13.2 Å². The van der Waals surface area contributed by atoms with Crippen LogP contribution in [0.3, 0.4) is 0 Å². The molecule has 0 amide bonds. The third kappa shape index (κ3) is 11.6. The van der Waals surface area contributed by atoms with E-state index < -0.39 is 18.6 Å². The molecule has 0 bridgehead atoms. The van der Waals surface area contributed by atoms with E-state index in [2.05, 4.69) is 16.9 Å². The monoisotopic (exact) mass is 265 g/mol. The molecule has 0 aromatic heterocycles. The number of azide groups is 1. The van der Waals surface area contributed by atoms with E-state index in [9.17, 15) is 13.2 Å². The van der Waals surface area contributed by atoms with Gasteiger partial charge in [-0.1, -0.05) is 57.0 Å². The minimum Gasteiger partial charge on any atom is -0.171 e. The summed E-state index contributed by atoms with van der Waals surface area (Å²) in [6.45, 7) is 2.14. The van der Waals surface area contributed by atoms with Gasteiger partial charge < -0.3 is 0 Å². The lowest BCUT2D eigenvalue weighted by atomic mass is 10.0. The summed E-state index contributed by atoms with van der Waals surface area (Å²) in [5.74, 6) is 0. The molecule has 0 aliphatic rings. The molecule has 1 atom stereocenters. The Morgan fingerprint density at radius 2 is 1.61 bits per heavy atom. The van der Waals surface area contributed by atoms with Gasteiger partial charge >= 0.3 is 6.18 Å². The Hall–Kier alpha value is -0.900. The quantitative estimate of drug-likeness (QED) is 0.209. The van der Waals surface area contributed by atoms with Crippen LogP contribution in [0.5, 0.6) is 0 Å². The van der Waals surface area contributed by atoms with Crippen LogP contribution in [-0.4, -0.2) is 12.2 Å². The van der Waals surface area contributed by atoms with Crippen molar-refractivity contribution >= 4 is 0 Å². The number of hydrogen-bond acceptors (Lipinski definition) is 1. The molecule has 0 aromatic rings. The largest absolute Gasteiger partial charge is 0.389 e. The second-order valence-electron chi connectivity index (χ2n) is 4.59. The van der Waals surface area contributed by atoms with E-state index in [0.717, 1.165) is 19.3 Å². The van der Waals surface area contributed by atoms with Crippen molar-refractivity contribution in [1.29, 1.82) is 0 Å². The second kappa shape index (κ2) is 10.1. The molecular weight excluding hydrogens is 243 g/mol. The molecule has 0 aliphatic carbocycles. The number of hydrogen-bond donors (Lipinski definition) is 0. The molecule has 3 nitrogen and oxygen atoms in total. The smallest absolute Gasteiger partial charge is 0.171 e. The molecule has 0 radical (unpaired) electrons. The molecule has 18 heavy (non-hydrogen) atoms. The third-order valence-corrected chi connectivity index (χ3v) is 2.82. The van der Waals surface area contributed by atoms with Gasteiger partial charge in [-0.05, 0) is 12.0 Å². The molecule has 6 heteroatoms. The maximum absolute atomic E-state index is 12.2. The predicted molar refractivity (Wildman–Crippen MR) is 66.2 cm³/mol. The van der Waals surface area contributed by atoms with Crippen molar-refractivity contribution < 1.29 is 13.2 Å². The Kier molecular flexibility index (Phi) is 9.56. The highest BCUT2D eigenvalue weighted by atomic mass is 19.4. The number of halogens is 3. The van der Waals surface area contributed by atoms with Crippen molar-refractivity contribution in [2.24, 2.45) is 5.11 Å². The van der Waals surface area contributed by atoms with E-state index in [4.69, 9.17) is 5.53 Å². The zero-order valence-corrected chi connectivity index (χ0v) is 10.9. The molecular formula is C12H22F3N3. The van der Waals surface area contributed by atoms with Crippen LogP contribution in [0.25, 0.3) is 10.4 Å². The average molecular weight is 265 g/mol. The van der Waals surface area contributed by atoms with E-state index >= 15 is 0 Å². The lowest BCUT2D eigenvalue weighted by Crippen LogP contribution is -2.17. The first-order valence-electron chi connectivity index (χ1n) is 6.60. The van der Waals surface area contributed by atoms with Crippen LogP contribution >= 0.6 is 0 Å². The molecule has 106 valence electrons. The van der Waals surface area contributed by atoms with Crippen LogP contribution < -0.4 is 0 Å². The van der Waals surface area contributed by atoms with Crippen LogP contribution in [0.15, 0.2) is 5.11 Å². The van der Waals surface area contributed by atoms with Crippen molar-refractivity contribution in [3.63, 3.8) is 0 Å². The van der Waals surface area contributed by atoms with E-state index in [-0.39, 0.29) is 0 Å². The summed E-state index contributed by atoms with van der Waals surface area (Å²) in [6.07, 6.45) is 2.47. The Balaban J connectivity index is 3.68. The topological polar surface area (TPSA) is 48.8 Å². The molecule has 0 saturated carbocycles. The van der Waals surface area contributed by atoms with Crippen molar-refractivity contribution in [2.75, 3.05) is 0 Å². The highest BCUT2D eigenvalue weighted by molar-refractivity contribution is 4.71. The van der Waals surface area contributed by atoms with Gasteiger partial charge in [0.1, 0.15) is 0 Å². The molecule has 0 heterocycles. The first-order valence-corrected chi connectivity index (χ1v) is 6.60. The van der Waals surface area contributed by atoms with Crippen LogP contribution in [0.2, 0.25) is 0 Å². The fraction of sp³-hybridized carbons (Fsp3) is 1.00. The normalized spacial score (nSPS) is 13.1. The van der Waals surface area contributed by atoms with E-state index in [1.807, 2.05) is 0 Å². The van der Waals surface area contributed by atoms with Gasteiger partial charge in [0.05, 0.1) is 6.42 Å². The minimum atomic E-state index is -4.25. The highest BCUT2D eigenvalue weighted by Gasteiger charge is 2.31. The number of nitrogens with zero attached hydrogens (tertiary/aromatic N) is 3. The summed E-state index contributed by atoms with van der Waals surface area (Å²) in [5.41, 5.74) is 8.22. The van der Waals surface area contributed by atoms with E-state index in [0.29, 0.717) is 12.8 Å².